The van der Waals surface area contributed by atoms with Gasteiger partial charge in [0.1, 0.15) is 5.60 Å². The lowest BCUT2D eigenvalue weighted by Crippen LogP contribution is -2.47. The monoisotopic (exact) mass is 310 g/mol. The molecule has 0 radical (unpaired) electrons. The second-order valence-electron chi connectivity index (χ2n) is 6.42. The van der Waals surface area contributed by atoms with Gasteiger partial charge in [-0.25, -0.2) is 4.79 Å². The molecule has 0 aromatic rings. The van der Waals surface area contributed by atoms with Gasteiger partial charge in [-0.1, -0.05) is 12.8 Å². The van der Waals surface area contributed by atoms with Crippen molar-refractivity contribution in [2.24, 2.45) is 5.92 Å². The Morgan fingerprint density at radius 1 is 1.14 bits per heavy atom. The van der Waals surface area contributed by atoms with E-state index in [9.17, 15) is 18.0 Å². The van der Waals surface area contributed by atoms with Crippen molar-refractivity contribution in [1.29, 1.82) is 0 Å². The van der Waals surface area contributed by atoms with E-state index in [4.69, 9.17) is 4.74 Å². The van der Waals surface area contributed by atoms with Crippen LogP contribution in [0.3, 0.4) is 0 Å². The van der Waals surface area contributed by atoms with Crippen LogP contribution in [-0.2, 0) is 4.74 Å². The molecule has 1 saturated carbocycles. The van der Waals surface area contributed by atoms with Crippen LogP contribution in [-0.4, -0.2) is 37.0 Å². The standard InChI is InChI=1S/C14H25F3N2O2/c1-13(2,3)21-12(20)19-9-8-18-11-7-5-4-6-10(11)14(15,16)17/h10-11,18H,4-9H2,1-3H3,(H,19,20). The van der Waals surface area contributed by atoms with E-state index in [1.165, 1.54) is 0 Å². The summed E-state index contributed by atoms with van der Waals surface area (Å²) in [6.45, 7) is 5.80. The third kappa shape index (κ3) is 7.02. The number of amides is 1. The van der Waals surface area contributed by atoms with Crippen molar-refractivity contribution in [3.8, 4) is 0 Å². The normalized spacial score (nSPS) is 23.7. The van der Waals surface area contributed by atoms with Gasteiger partial charge in [0.05, 0.1) is 5.92 Å². The van der Waals surface area contributed by atoms with Gasteiger partial charge >= 0.3 is 12.3 Å². The lowest BCUT2D eigenvalue weighted by atomic mass is 9.84. The van der Waals surface area contributed by atoms with Gasteiger partial charge in [-0.3, -0.25) is 0 Å². The molecule has 2 unspecified atom stereocenters. The summed E-state index contributed by atoms with van der Waals surface area (Å²) in [6.07, 6.45) is -2.57. The highest BCUT2D eigenvalue weighted by Gasteiger charge is 2.45. The van der Waals surface area contributed by atoms with Crippen LogP contribution >= 0.6 is 0 Å². The van der Waals surface area contributed by atoms with Crippen LogP contribution < -0.4 is 10.6 Å². The maximum atomic E-state index is 12.9. The maximum absolute atomic E-state index is 12.9. The van der Waals surface area contributed by atoms with Crippen molar-refractivity contribution in [3.05, 3.63) is 0 Å². The molecular formula is C14H25F3N2O2. The summed E-state index contributed by atoms with van der Waals surface area (Å²) < 4.78 is 43.7. The Morgan fingerprint density at radius 3 is 2.33 bits per heavy atom. The number of carbonyl (C=O) groups is 1. The zero-order chi connectivity index (χ0) is 16.1. The molecule has 2 N–H and O–H groups in total. The molecule has 1 amide bonds. The van der Waals surface area contributed by atoms with Gasteiger partial charge < -0.3 is 15.4 Å². The summed E-state index contributed by atoms with van der Waals surface area (Å²) in [5.41, 5.74) is -0.581. The minimum Gasteiger partial charge on any atom is -0.444 e. The van der Waals surface area contributed by atoms with E-state index in [1.54, 1.807) is 20.8 Å². The molecule has 0 aliphatic heterocycles. The summed E-state index contributed by atoms with van der Waals surface area (Å²) in [4.78, 5) is 11.4. The number of hydrogen-bond donors (Lipinski definition) is 2. The summed E-state index contributed by atoms with van der Waals surface area (Å²) in [5.74, 6) is -1.28. The van der Waals surface area contributed by atoms with E-state index in [1.807, 2.05) is 0 Å². The second-order valence-corrected chi connectivity index (χ2v) is 6.42. The lowest BCUT2D eigenvalue weighted by molar-refractivity contribution is -0.188. The van der Waals surface area contributed by atoms with Crippen LogP contribution in [0.5, 0.6) is 0 Å². The van der Waals surface area contributed by atoms with Crippen LogP contribution in [0.25, 0.3) is 0 Å². The largest absolute Gasteiger partial charge is 0.444 e. The third-order valence-electron chi connectivity index (χ3n) is 3.39. The maximum Gasteiger partial charge on any atom is 0.407 e. The fourth-order valence-electron chi connectivity index (χ4n) is 2.50. The molecule has 0 aromatic carbocycles. The fraction of sp³-hybridized carbons (Fsp3) is 0.929. The predicted molar refractivity (Wildman–Crippen MR) is 74.0 cm³/mol. The van der Waals surface area contributed by atoms with Gasteiger partial charge in [0, 0.05) is 19.1 Å². The smallest absolute Gasteiger partial charge is 0.407 e. The number of carbonyl (C=O) groups excluding carboxylic acids is 1. The average Bonchev–Trinajstić information content (AvgIpc) is 2.32. The van der Waals surface area contributed by atoms with Crippen LogP contribution in [0.1, 0.15) is 46.5 Å². The quantitative estimate of drug-likeness (QED) is 0.784. The molecule has 124 valence electrons. The topological polar surface area (TPSA) is 50.4 Å². The molecule has 7 heteroatoms. The Bertz CT molecular complexity index is 340. The Balaban J connectivity index is 2.29. The number of ether oxygens (including phenoxy) is 1. The summed E-state index contributed by atoms with van der Waals surface area (Å²) in [5, 5.41) is 5.43. The Morgan fingerprint density at radius 2 is 1.76 bits per heavy atom. The highest BCUT2D eigenvalue weighted by atomic mass is 19.4. The zero-order valence-corrected chi connectivity index (χ0v) is 12.8. The number of alkyl carbamates (subject to hydrolysis) is 1. The van der Waals surface area contributed by atoms with E-state index >= 15 is 0 Å². The molecule has 0 heterocycles. The van der Waals surface area contributed by atoms with Crippen molar-refractivity contribution >= 4 is 6.09 Å². The second kappa shape index (κ2) is 7.33. The highest BCUT2D eigenvalue weighted by Crippen LogP contribution is 2.37. The zero-order valence-electron chi connectivity index (χ0n) is 12.8. The summed E-state index contributed by atoms with van der Waals surface area (Å²) in [6, 6.07) is -0.556. The van der Waals surface area contributed by atoms with Crippen LogP contribution in [0.4, 0.5) is 18.0 Å². The molecule has 0 aromatic heterocycles. The van der Waals surface area contributed by atoms with Gasteiger partial charge in [-0.05, 0) is 33.6 Å². The molecular weight excluding hydrogens is 285 g/mol. The lowest BCUT2D eigenvalue weighted by Gasteiger charge is -2.33. The van der Waals surface area contributed by atoms with E-state index < -0.39 is 29.8 Å². The minimum absolute atomic E-state index is 0.181. The first-order chi connectivity index (χ1) is 9.59. The van der Waals surface area contributed by atoms with Gasteiger partial charge in [-0.2, -0.15) is 13.2 Å². The molecule has 0 bridgehead atoms. The van der Waals surface area contributed by atoms with Crippen molar-refractivity contribution in [2.45, 2.75) is 64.3 Å². The van der Waals surface area contributed by atoms with E-state index in [0.717, 1.165) is 6.42 Å². The third-order valence-corrected chi connectivity index (χ3v) is 3.39. The summed E-state index contributed by atoms with van der Waals surface area (Å²) in [7, 11) is 0. The Hall–Kier alpha value is -0.980. The molecule has 1 rings (SSSR count). The van der Waals surface area contributed by atoms with Crippen LogP contribution in [0.2, 0.25) is 0 Å². The van der Waals surface area contributed by atoms with Gasteiger partial charge in [0.25, 0.3) is 0 Å². The SMILES string of the molecule is CC(C)(C)OC(=O)NCCNC1CCCCC1C(F)(F)F. The molecule has 1 fully saturated rings. The van der Waals surface area contributed by atoms with Crippen LogP contribution in [0, 0.1) is 5.92 Å². The number of hydrogen-bond acceptors (Lipinski definition) is 3. The highest BCUT2D eigenvalue weighted by molar-refractivity contribution is 5.67. The van der Waals surface area contributed by atoms with Gasteiger partial charge in [0.15, 0.2) is 0 Å². The van der Waals surface area contributed by atoms with Gasteiger partial charge in [0.2, 0.25) is 0 Å². The number of nitrogens with one attached hydrogen (secondary N) is 2. The number of rotatable bonds is 4. The van der Waals surface area contributed by atoms with Crippen molar-refractivity contribution in [3.63, 3.8) is 0 Å². The number of alkyl halides is 3. The first-order valence-corrected chi connectivity index (χ1v) is 7.36. The molecule has 1 aliphatic rings. The fourth-order valence-corrected chi connectivity index (χ4v) is 2.50. The van der Waals surface area contributed by atoms with Gasteiger partial charge in [-0.15, -0.1) is 0 Å². The van der Waals surface area contributed by atoms with Crippen molar-refractivity contribution < 1.29 is 22.7 Å². The van der Waals surface area contributed by atoms with E-state index in [-0.39, 0.29) is 13.0 Å². The van der Waals surface area contributed by atoms with E-state index in [0.29, 0.717) is 19.4 Å². The minimum atomic E-state index is -4.16. The average molecular weight is 310 g/mol. The first-order valence-electron chi connectivity index (χ1n) is 7.36. The van der Waals surface area contributed by atoms with Crippen molar-refractivity contribution in [2.75, 3.05) is 13.1 Å². The molecule has 2 atom stereocenters. The van der Waals surface area contributed by atoms with E-state index in [2.05, 4.69) is 10.6 Å². The Labute approximate surface area is 123 Å². The Kier molecular flexibility index (Phi) is 6.31. The predicted octanol–water partition coefficient (Wildman–Crippen LogP) is 3.22. The molecule has 1 aliphatic carbocycles. The molecule has 0 saturated heterocycles. The van der Waals surface area contributed by atoms with Crippen LogP contribution in [0.15, 0.2) is 0 Å². The number of halogens is 3. The van der Waals surface area contributed by atoms with Crippen molar-refractivity contribution in [1.82, 2.24) is 10.6 Å². The molecule has 21 heavy (non-hydrogen) atoms. The first kappa shape index (κ1) is 18.1. The summed E-state index contributed by atoms with van der Waals surface area (Å²) >= 11 is 0. The molecule has 0 spiro atoms. The molecule has 4 nitrogen and oxygen atoms in total.